The quantitative estimate of drug-likeness (QED) is 0.847. The molecule has 20 heavy (non-hydrogen) atoms. The fraction of sp³-hybridized carbons (Fsp3) is 0.0714. The predicted octanol–water partition coefficient (Wildman–Crippen LogP) is 3.84. The molecule has 0 aliphatic heterocycles. The minimum absolute atomic E-state index is 0.248. The van der Waals surface area contributed by atoms with Gasteiger partial charge in [0.2, 0.25) is 0 Å². The first-order valence-corrected chi connectivity index (χ1v) is 6.47. The van der Waals surface area contributed by atoms with Crippen molar-refractivity contribution in [3.05, 3.63) is 52.0 Å². The first kappa shape index (κ1) is 14.5. The largest absolute Gasteiger partial charge is 0.497 e. The summed E-state index contributed by atoms with van der Waals surface area (Å²) in [6, 6.07) is 9.91. The van der Waals surface area contributed by atoms with Crippen LogP contribution in [0.5, 0.6) is 5.75 Å². The van der Waals surface area contributed by atoms with E-state index in [2.05, 4.69) is 5.32 Å². The summed E-state index contributed by atoms with van der Waals surface area (Å²) in [6.45, 7) is 0. The summed E-state index contributed by atoms with van der Waals surface area (Å²) in [5, 5.41) is 3.23. The molecule has 2 aromatic carbocycles. The van der Waals surface area contributed by atoms with Gasteiger partial charge < -0.3 is 15.8 Å². The zero-order valence-electron chi connectivity index (χ0n) is 10.6. The van der Waals surface area contributed by atoms with E-state index in [1.165, 1.54) is 12.1 Å². The summed E-state index contributed by atoms with van der Waals surface area (Å²) in [6.07, 6.45) is 0. The minimum Gasteiger partial charge on any atom is -0.497 e. The van der Waals surface area contributed by atoms with Crippen molar-refractivity contribution in [2.75, 3.05) is 18.2 Å². The lowest BCUT2D eigenvalue weighted by atomic mass is 10.2. The Morgan fingerprint density at radius 1 is 1.15 bits per heavy atom. The Kier molecular flexibility index (Phi) is 4.37. The van der Waals surface area contributed by atoms with Gasteiger partial charge in [-0.15, -0.1) is 0 Å². The Bertz CT molecular complexity index is 619. The van der Waals surface area contributed by atoms with Gasteiger partial charge in [0.1, 0.15) is 5.75 Å². The number of nitrogen functional groups attached to an aromatic ring is 1. The smallest absolute Gasteiger partial charge is 0.255 e. The van der Waals surface area contributed by atoms with Crippen molar-refractivity contribution in [2.24, 2.45) is 0 Å². The molecule has 0 spiro atoms. The molecular weight excluding hydrogens is 299 g/mol. The molecule has 0 bridgehead atoms. The molecule has 0 aliphatic carbocycles. The average molecular weight is 311 g/mol. The lowest BCUT2D eigenvalue weighted by molar-refractivity contribution is 0.102. The average Bonchev–Trinajstić information content (AvgIpc) is 2.45. The van der Waals surface area contributed by atoms with Gasteiger partial charge in [0.15, 0.2) is 0 Å². The molecule has 0 unspecified atom stereocenters. The van der Waals surface area contributed by atoms with Gasteiger partial charge in [-0.1, -0.05) is 23.2 Å². The van der Waals surface area contributed by atoms with Gasteiger partial charge >= 0.3 is 0 Å². The van der Waals surface area contributed by atoms with E-state index in [4.69, 9.17) is 33.7 Å². The first-order valence-electron chi connectivity index (χ1n) is 5.71. The Hall–Kier alpha value is -1.91. The van der Waals surface area contributed by atoms with E-state index in [0.717, 1.165) is 0 Å². The number of carbonyl (C=O) groups excluding carboxylic acids is 1. The standard InChI is InChI=1S/C14H12Cl2N2O2/c1-20-10-4-2-9(3-5-10)18-14(19)8-6-11(15)13(17)12(16)7-8/h2-7H,17H2,1H3,(H,18,19). The third kappa shape index (κ3) is 3.15. The summed E-state index contributed by atoms with van der Waals surface area (Å²) >= 11 is 11.8. The lowest BCUT2D eigenvalue weighted by Gasteiger charge is -2.08. The number of hydrogen-bond donors (Lipinski definition) is 2. The van der Waals surface area contributed by atoms with Gasteiger partial charge in [-0.05, 0) is 36.4 Å². The van der Waals surface area contributed by atoms with Crippen LogP contribution in [0.1, 0.15) is 10.4 Å². The molecule has 2 rings (SSSR count). The van der Waals surface area contributed by atoms with Crippen LogP contribution in [0.4, 0.5) is 11.4 Å². The van der Waals surface area contributed by atoms with Crippen molar-refractivity contribution in [3.8, 4) is 5.75 Å². The SMILES string of the molecule is COc1ccc(NC(=O)c2cc(Cl)c(N)c(Cl)c2)cc1. The molecule has 6 heteroatoms. The van der Waals surface area contributed by atoms with Crippen molar-refractivity contribution in [3.63, 3.8) is 0 Å². The zero-order chi connectivity index (χ0) is 14.7. The zero-order valence-corrected chi connectivity index (χ0v) is 12.1. The second kappa shape index (κ2) is 6.03. The van der Waals surface area contributed by atoms with E-state index >= 15 is 0 Å². The highest BCUT2D eigenvalue weighted by molar-refractivity contribution is 6.39. The van der Waals surface area contributed by atoms with E-state index in [1.54, 1.807) is 31.4 Å². The predicted molar refractivity (Wildman–Crippen MR) is 81.8 cm³/mol. The molecule has 3 N–H and O–H groups in total. The number of nitrogens with two attached hydrogens (primary N) is 1. The Morgan fingerprint density at radius 2 is 1.70 bits per heavy atom. The van der Waals surface area contributed by atoms with Crippen molar-refractivity contribution in [1.29, 1.82) is 0 Å². The van der Waals surface area contributed by atoms with Gasteiger partial charge in [-0.25, -0.2) is 0 Å². The van der Waals surface area contributed by atoms with Crippen LogP contribution in [0, 0.1) is 0 Å². The Morgan fingerprint density at radius 3 is 2.20 bits per heavy atom. The second-order valence-corrected chi connectivity index (χ2v) is 4.85. The molecule has 0 aromatic heterocycles. The molecule has 4 nitrogen and oxygen atoms in total. The van der Waals surface area contributed by atoms with Crippen molar-refractivity contribution >= 4 is 40.5 Å². The van der Waals surface area contributed by atoms with Gasteiger partial charge in [0.25, 0.3) is 5.91 Å². The van der Waals surface area contributed by atoms with Gasteiger partial charge in [-0.3, -0.25) is 4.79 Å². The number of amides is 1. The summed E-state index contributed by atoms with van der Waals surface area (Å²) in [5.41, 5.74) is 6.86. The van der Waals surface area contributed by atoms with Crippen LogP contribution in [-0.4, -0.2) is 13.0 Å². The molecule has 0 atom stereocenters. The Balaban J connectivity index is 2.19. The molecule has 0 saturated carbocycles. The number of hydrogen-bond acceptors (Lipinski definition) is 3. The van der Waals surface area contributed by atoms with Crippen LogP contribution in [0.15, 0.2) is 36.4 Å². The number of halogens is 2. The van der Waals surface area contributed by atoms with E-state index < -0.39 is 0 Å². The van der Waals surface area contributed by atoms with E-state index in [9.17, 15) is 4.79 Å². The lowest BCUT2D eigenvalue weighted by Crippen LogP contribution is -2.12. The molecule has 0 heterocycles. The van der Waals surface area contributed by atoms with Crippen LogP contribution in [-0.2, 0) is 0 Å². The highest BCUT2D eigenvalue weighted by Crippen LogP contribution is 2.29. The summed E-state index contributed by atoms with van der Waals surface area (Å²) in [4.78, 5) is 12.1. The van der Waals surface area contributed by atoms with Gasteiger partial charge in [-0.2, -0.15) is 0 Å². The van der Waals surface area contributed by atoms with Crippen LogP contribution >= 0.6 is 23.2 Å². The highest BCUT2D eigenvalue weighted by Gasteiger charge is 2.11. The van der Waals surface area contributed by atoms with Gasteiger partial charge in [0.05, 0.1) is 22.8 Å². The van der Waals surface area contributed by atoms with E-state index in [1.807, 2.05) is 0 Å². The molecule has 0 aliphatic rings. The molecule has 1 amide bonds. The second-order valence-electron chi connectivity index (χ2n) is 4.04. The maximum atomic E-state index is 12.1. The number of nitrogens with one attached hydrogen (secondary N) is 1. The number of anilines is 2. The summed E-state index contributed by atoms with van der Waals surface area (Å²) < 4.78 is 5.04. The molecule has 0 saturated heterocycles. The number of rotatable bonds is 3. The topological polar surface area (TPSA) is 64.3 Å². The van der Waals surface area contributed by atoms with Crippen LogP contribution in [0.2, 0.25) is 10.0 Å². The maximum Gasteiger partial charge on any atom is 0.255 e. The van der Waals surface area contributed by atoms with Crippen LogP contribution < -0.4 is 15.8 Å². The molecule has 0 fully saturated rings. The molecular formula is C14H12Cl2N2O2. The van der Waals surface area contributed by atoms with Crippen molar-refractivity contribution < 1.29 is 9.53 Å². The minimum atomic E-state index is -0.320. The van der Waals surface area contributed by atoms with Crippen molar-refractivity contribution in [2.45, 2.75) is 0 Å². The van der Waals surface area contributed by atoms with Crippen molar-refractivity contribution in [1.82, 2.24) is 0 Å². The molecule has 2 aromatic rings. The third-order valence-electron chi connectivity index (χ3n) is 2.69. The molecule has 0 radical (unpaired) electrons. The normalized spacial score (nSPS) is 10.2. The fourth-order valence-electron chi connectivity index (χ4n) is 1.59. The Labute approximate surface area is 126 Å². The van der Waals surface area contributed by atoms with Crippen LogP contribution in [0.25, 0.3) is 0 Å². The number of ether oxygens (including phenoxy) is 1. The van der Waals surface area contributed by atoms with E-state index in [-0.39, 0.29) is 21.6 Å². The third-order valence-corrected chi connectivity index (χ3v) is 3.31. The molecule has 104 valence electrons. The fourth-order valence-corrected chi connectivity index (χ4v) is 2.08. The van der Waals surface area contributed by atoms with E-state index in [0.29, 0.717) is 17.0 Å². The first-order chi connectivity index (χ1) is 9.51. The van der Waals surface area contributed by atoms with Gasteiger partial charge in [0, 0.05) is 11.3 Å². The summed E-state index contributed by atoms with van der Waals surface area (Å²) in [7, 11) is 1.58. The number of carbonyl (C=O) groups is 1. The number of benzene rings is 2. The highest BCUT2D eigenvalue weighted by atomic mass is 35.5. The number of methoxy groups -OCH3 is 1. The monoisotopic (exact) mass is 310 g/mol. The maximum absolute atomic E-state index is 12.1. The van der Waals surface area contributed by atoms with Crippen LogP contribution in [0.3, 0.4) is 0 Å². The summed E-state index contributed by atoms with van der Waals surface area (Å²) in [5.74, 6) is 0.389.